The minimum absolute atomic E-state index is 0.0191. The zero-order valence-corrected chi connectivity index (χ0v) is 11.1. The molecule has 1 aromatic rings. The third-order valence-electron chi connectivity index (χ3n) is 3.12. The maximum Gasteiger partial charge on any atom is 0.228 e. The van der Waals surface area contributed by atoms with E-state index in [1.807, 2.05) is 0 Å². The fourth-order valence-electron chi connectivity index (χ4n) is 2.07. The van der Waals surface area contributed by atoms with Gasteiger partial charge in [-0.3, -0.25) is 4.79 Å². The first-order chi connectivity index (χ1) is 9.31. The van der Waals surface area contributed by atoms with Crippen LogP contribution in [0.4, 0.5) is 0 Å². The lowest BCUT2D eigenvalue weighted by atomic mass is 10.0. The Labute approximate surface area is 112 Å². The number of nitrogens with one attached hydrogen (secondary N) is 2. The summed E-state index contributed by atoms with van der Waals surface area (Å²) in [6.07, 6.45) is 2.95. The van der Waals surface area contributed by atoms with Crippen LogP contribution in [0.15, 0.2) is 10.9 Å². The van der Waals surface area contributed by atoms with E-state index >= 15 is 0 Å². The van der Waals surface area contributed by atoms with Gasteiger partial charge in [-0.15, -0.1) is 0 Å². The van der Waals surface area contributed by atoms with Crippen LogP contribution >= 0.6 is 0 Å². The van der Waals surface area contributed by atoms with Gasteiger partial charge in [-0.05, 0) is 13.0 Å². The summed E-state index contributed by atoms with van der Waals surface area (Å²) in [4.78, 5) is 15.9. The Bertz CT molecular complexity index is 382. The molecule has 106 valence electrons. The fourth-order valence-corrected chi connectivity index (χ4v) is 2.07. The van der Waals surface area contributed by atoms with E-state index in [4.69, 9.17) is 9.26 Å². The van der Waals surface area contributed by atoms with Crippen LogP contribution < -0.4 is 10.6 Å². The van der Waals surface area contributed by atoms with Crippen molar-refractivity contribution in [1.29, 1.82) is 0 Å². The molecule has 1 fully saturated rings. The molecule has 2 N–H and O–H groups in total. The molecule has 0 spiro atoms. The summed E-state index contributed by atoms with van der Waals surface area (Å²) < 4.78 is 10.2. The van der Waals surface area contributed by atoms with Gasteiger partial charge in [-0.25, -0.2) is 0 Å². The van der Waals surface area contributed by atoms with Gasteiger partial charge in [0.1, 0.15) is 0 Å². The fraction of sp³-hybridized carbons (Fsp3) is 0.750. The molecular weight excluding hydrogens is 248 g/mol. The minimum atomic E-state index is -0.116. The molecule has 2 atom stereocenters. The van der Waals surface area contributed by atoms with Gasteiger partial charge >= 0.3 is 0 Å². The number of aromatic nitrogens is 2. The molecule has 0 radical (unpaired) electrons. The quantitative estimate of drug-likeness (QED) is 0.708. The van der Waals surface area contributed by atoms with Crippen molar-refractivity contribution < 1.29 is 14.1 Å². The second-order valence-corrected chi connectivity index (χ2v) is 4.58. The second kappa shape index (κ2) is 7.20. The first-order valence-corrected chi connectivity index (χ1v) is 6.65. The van der Waals surface area contributed by atoms with Gasteiger partial charge in [0.15, 0.2) is 6.33 Å². The van der Waals surface area contributed by atoms with E-state index in [-0.39, 0.29) is 17.9 Å². The normalized spacial score (nSPS) is 22.6. The highest BCUT2D eigenvalue weighted by molar-refractivity contribution is 5.79. The van der Waals surface area contributed by atoms with Crippen LogP contribution in [0.2, 0.25) is 0 Å². The molecular formula is C12H20N4O3. The topological polar surface area (TPSA) is 89.3 Å². The summed E-state index contributed by atoms with van der Waals surface area (Å²) in [5.74, 6) is 0.434. The number of ether oxygens (including phenoxy) is 1. The number of hydrogen-bond acceptors (Lipinski definition) is 6. The molecule has 1 amide bonds. The van der Waals surface area contributed by atoms with Crippen molar-refractivity contribution in [2.45, 2.75) is 25.8 Å². The molecule has 0 bridgehead atoms. The summed E-state index contributed by atoms with van der Waals surface area (Å²) in [6.45, 7) is 4.58. The van der Waals surface area contributed by atoms with Gasteiger partial charge in [-0.2, -0.15) is 4.98 Å². The minimum Gasteiger partial charge on any atom is -0.379 e. The average molecular weight is 268 g/mol. The van der Waals surface area contributed by atoms with E-state index in [0.29, 0.717) is 32.1 Å². The lowest BCUT2D eigenvalue weighted by Crippen LogP contribution is -2.44. The van der Waals surface area contributed by atoms with Gasteiger partial charge < -0.3 is 19.9 Å². The molecule has 2 rings (SSSR count). The molecule has 1 saturated heterocycles. The highest BCUT2D eigenvalue weighted by atomic mass is 16.5. The predicted molar refractivity (Wildman–Crippen MR) is 67.4 cm³/mol. The van der Waals surface area contributed by atoms with Crippen LogP contribution in [-0.2, 0) is 16.0 Å². The van der Waals surface area contributed by atoms with E-state index < -0.39 is 0 Å². The Morgan fingerprint density at radius 1 is 1.47 bits per heavy atom. The van der Waals surface area contributed by atoms with Crippen LogP contribution in [0, 0.1) is 5.92 Å². The number of hydrogen-bond donors (Lipinski definition) is 2. The van der Waals surface area contributed by atoms with Crippen molar-refractivity contribution in [1.82, 2.24) is 20.8 Å². The molecule has 1 aromatic heterocycles. The third kappa shape index (κ3) is 4.00. The van der Waals surface area contributed by atoms with Crippen molar-refractivity contribution in [3.05, 3.63) is 12.2 Å². The zero-order valence-electron chi connectivity index (χ0n) is 11.1. The van der Waals surface area contributed by atoms with E-state index in [0.717, 1.165) is 13.0 Å². The highest BCUT2D eigenvalue weighted by Crippen LogP contribution is 2.13. The summed E-state index contributed by atoms with van der Waals surface area (Å²) in [6, 6.07) is 0.114. The van der Waals surface area contributed by atoms with E-state index in [1.54, 1.807) is 0 Å². The van der Waals surface area contributed by atoms with Crippen molar-refractivity contribution >= 4 is 5.91 Å². The SMILES string of the molecule is CCCNC1COCC1C(=O)NCCc1ncno1. The van der Waals surface area contributed by atoms with E-state index in [1.165, 1.54) is 6.33 Å². The summed E-state index contributed by atoms with van der Waals surface area (Å²) in [7, 11) is 0. The van der Waals surface area contributed by atoms with E-state index in [2.05, 4.69) is 27.7 Å². The monoisotopic (exact) mass is 268 g/mol. The number of nitrogens with zero attached hydrogens (tertiary/aromatic N) is 2. The maximum atomic E-state index is 12.0. The molecule has 0 aliphatic carbocycles. The number of carbonyl (C=O) groups excluding carboxylic acids is 1. The maximum absolute atomic E-state index is 12.0. The van der Waals surface area contributed by atoms with Crippen molar-refractivity contribution in [2.24, 2.45) is 5.92 Å². The largest absolute Gasteiger partial charge is 0.379 e. The predicted octanol–water partition coefficient (Wildman–Crippen LogP) is -0.257. The summed E-state index contributed by atoms with van der Waals surface area (Å²) in [5, 5.41) is 9.74. The van der Waals surface area contributed by atoms with Crippen LogP contribution in [-0.4, -0.2) is 48.4 Å². The summed E-state index contributed by atoms with van der Waals surface area (Å²) in [5.41, 5.74) is 0. The Hall–Kier alpha value is -1.47. The summed E-state index contributed by atoms with van der Waals surface area (Å²) >= 11 is 0. The van der Waals surface area contributed by atoms with Crippen molar-refractivity contribution in [3.63, 3.8) is 0 Å². The number of amides is 1. The molecule has 2 heterocycles. The van der Waals surface area contributed by atoms with Crippen molar-refractivity contribution in [3.8, 4) is 0 Å². The smallest absolute Gasteiger partial charge is 0.228 e. The van der Waals surface area contributed by atoms with Crippen LogP contribution in [0.1, 0.15) is 19.2 Å². The first-order valence-electron chi connectivity index (χ1n) is 6.65. The third-order valence-corrected chi connectivity index (χ3v) is 3.12. The Morgan fingerprint density at radius 2 is 2.37 bits per heavy atom. The molecule has 19 heavy (non-hydrogen) atoms. The van der Waals surface area contributed by atoms with Gasteiger partial charge in [-0.1, -0.05) is 12.1 Å². The molecule has 7 heteroatoms. The lowest BCUT2D eigenvalue weighted by Gasteiger charge is -2.18. The first kappa shape index (κ1) is 14.0. The van der Waals surface area contributed by atoms with Gasteiger partial charge in [0.2, 0.25) is 11.8 Å². The van der Waals surface area contributed by atoms with Gasteiger partial charge in [0.25, 0.3) is 0 Å². The van der Waals surface area contributed by atoms with Crippen LogP contribution in [0.25, 0.3) is 0 Å². The van der Waals surface area contributed by atoms with Crippen LogP contribution in [0.3, 0.4) is 0 Å². The standard InChI is InChI=1S/C12H20N4O3/c1-2-4-13-10-7-18-6-9(10)12(17)14-5-3-11-15-8-16-19-11/h8-10,13H,2-7H2,1H3,(H,14,17). The van der Waals surface area contributed by atoms with Crippen LogP contribution in [0.5, 0.6) is 0 Å². The Kier molecular flexibility index (Phi) is 5.29. The molecule has 0 aromatic carbocycles. The number of rotatable bonds is 7. The molecule has 2 unspecified atom stereocenters. The molecule has 7 nitrogen and oxygen atoms in total. The average Bonchev–Trinajstić information content (AvgIpc) is 3.07. The zero-order chi connectivity index (χ0) is 13.5. The Morgan fingerprint density at radius 3 is 3.11 bits per heavy atom. The second-order valence-electron chi connectivity index (χ2n) is 4.58. The van der Waals surface area contributed by atoms with Gasteiger partial charge in [0, 0.05) is 19.0 Å². The van der Waals surface area contributed by atoms with E-state index in [9.17, 15) is 4.79 Å². The van der Waals surface area contributed by atoms with Gasteiger partial charge in [0.05, 0.1) is 19.1 Å². The molecule has 0 saturated carbocycles. The highest BCUT2D eigenvalue weighted by Gasteiger charge is 2.33. The Balaban J connectivity index is 1.72. The number of carbonyl (C=O) groups is 1. The molecule has 1 aliphatic heterocycles. The lowest BCUT2D eigenvalue weighted by molar-refractivity contribution is -0.125. The molecule has 1 aliphatic rings. The van der Waals surface area contributed by atoms with Crippen molar-refractivity contribution in [2.75, 3.05) is 26.3 Å².